The van der Waals surface area contributed by atoms with E-state index < -0.39 is 0 Å². The average molecular weight is 327 g/mol. The second kappa shape index (κ2) is 6.14. The number of carbonyl (C=O) groups is 1. The summed E-state index contributed by atoms with van der Waals surface area (Å²) in [6, 6.07) is 7.28. The van der Waals surface area contributed by atoms with Crippen molar-refractivity contribution in [3.63, 3.8) is 0 Å². The van der Waals surface area contributed by atoms with Crippen LogP contribution in [0.3, 0.4) is 0 Å². The van der Waals surface area contributed by atoms with Gasteiger partial charge in [-0.05, 0) is 37.1 Å². The van der Waals surface area contributed by atoms with Crippen molar-refractivity contribution in [2.45, 2.75) is 31.7 Å². The first kappa shape index (κ1) is 15.0. The molecule has 0 spiro atoms. The topological polar surface area (TPSA) is 72.3 Å². The maximum atomic E-state index is 12.5. The maximum absolute atomic E-state index is 12.5. The van der Waals surface area contributed by atoms with E-state index in [-0.39, 0.29) is 6.03 Å². The Balaban J connectivity index is 1.40. The number of hydrogen-bond donors (Lipinski definition) is 1. The maximum Gasteiger partial charge on any atom is 0.321 e. The zero-order valence-corrected chi connectivity index (χ0v) is 13.7. The molecular formula is C17H21N5O2. The van der Waals surface area contributed by atoms with E-state index in [1.807, 2.05) is 29.2 Å². The summed E-state index contributed by atoms with van der Waals surface area (Å²) >= 11 is 0. The van der Waals surface area contributed by atoms with Crippen LogP contribution < -0.4 is 10.1 Å². The molecule has 1 aliphatic carbocycles. The van der Waals surface area contributed by atoms with E-state index in [2.05, 4.69) is 20.1 Å². The Morgan fingerprint density at radius 3 is 2.67 bits per heavy atom. The van der Waals surface area contributed by atoms with Gasteiger partial charge in [0.05, 0.1) is 7.11 Å². The predicted molar refractivity (Wildman–Crippen MR) is 89.3 cm³/mol. The number of amides is 2. The predicted octanol–water partition coefficient (Wildman–Crippen LogP) is 2.25. The molecule has 24 heavy (non-hydrogen) atoms. The van der Waals surface area contributed by atoms with Crippen molar-refractivity contribution < 1.29 is 9.53 Å². The standard InChI is InChI=1S/C17H21N5O2/c1-24-14-6-4-13(5-7-14)18-17(23)21-9-8-15-19-20-16(12-2-3-12)22(15)11-10-21/h4-7,12H,2-3,8-11H2,1H3,(H,18,23). The Labute approximate surface area is 140 Å². The van der Waals surface area contributed by atoms with Gasteiger partial charge in [-0.2, -0.15) is 0 Å². The summed E-state index contributed by atoms with van der Waals surface area (Å²) in [5, 5.41) is 11.6. The molecule has 1 aromatic carbocycles. The number of benzene rings is 1. The minimum absolute atomic E-state index is 0.0770. The molecule has 2 aliphatic rings. The summed E-state index contributed by atoms with van der Waals surface area (Å²) < 4.78 is 7.34. The van der Waals surface area contributed by atoms with Gasteiger partial charge in [0.15, 0.2) is 0 Å². The third kappa shape index (κ3) is 2.93. The lowest BCUT2D eigenvalue weighted by molar-refractivity contribution is 0.212. The van der Waals surface area contributed by atoms with E-state index in [0.29, 0.717) is 19.0 Å². The molecule has 0 atom stereocenters. The number of ether oxygens (including phenoxy) is 1. The average Bonchev–Trinajstić information content (AvgIpc) is 3.40. The number of aromatic nitrogens is 3. The minimum atomic E-state index is -0.0770. The van der Waals surface area contributed by atoms with Gasteiger partial charge in [0.25, 0.3) is 0 Å². The van der Waals surface area contributed by atoms with Crippen LogP contribution in [-0.2, 0) is 13.0 Å². The van der Waals surface area contributed by atoms with Gasteiger partial charge >= 0.3 is 6.03 Å². The van der Waals surface area contributed by atoms with Crippen LogP contribution in [0.4, 0.5) is 10.5 Å². The molecule has 0 unspecified atom stereocenters. The molecule has 1 aromatic heterocycles. The number of carbonyl (C=O) groups excluding carboxylic acids is 1. The Hall–Kier alpha value is -2.57. The zero-order chi connectivity index (χ0) is 16.5. The van der Waals surface area contributed by atoms with Crippen LogP contribution in [0.1, 0.15) is 30.4 Å². The Morgan fingerprint density at radius 2 is 1.96 bits per heavy atom. The highest BCUT2D eigenvalue weighted by Gasteiger charge is 2.31. The fourth-order valence-corrected chi connectivity index (χ4v) is 3.07. The van der Waals surface area contributed by atoms with Crippen LogP contribution in [0.2, 0.25) is 0 Å². The molecule has 0 saturated heterocycles. The summed E-state index contributed by atoms with van der Waals surface area (Å²) in [4.78, 5) is 14.4. The molecule has 1 N–H and O–H groups in total. The number of rotatable bonds is 3. The van der Waals surface area contributed by atoms with E-state index in [0.717, 1.165) is 36.1 Å². The van der Waals surface area contributed by atoms with Crippen LogP contribution in [0.25, 0.3) is 0 Å². The first-order valence-corrected chi connectivity index (χ1v) is 8.36. The highest BCUT2D eigenvalue weighted by atomic mass is 16.5. The van der Waals surface area contributed by atoms with Crippen molar-refractivity contribution in [2.75, 3.05) is 25.5 Å². The second-order valence-corrected chi connectivity index (χ2v) is 6.30. The van der Waals surface area contributed by atoms with Crippen LogP contribution in [0.15, 0.2) is 24.3 Å². The molecule has 126 valence electrons. The number of nitrogens with one attached hydrogen (secondary N) is 1. The van der Waals surface area contributed by atoms with Gasteiger partial charge in [0.1, 0.15) is 17.4 Å². The van der Waals surface area contributed by atoms with Crippen molar-refractivity contribution >= 4 is 11.7 Å². The highest BCUT2D eigenvalue weighted by Crippen LogP contribution is 2.39. The lowest BCUT2D eigenvalue weighted by atomic mass is 10.3. The van der Waals surface area contributed by atoms with E-state index in [1.54, 1.807) is 7.11 Å². The van der Waals surface area contributed by atoms with Crippen LogP contribution in [0, 0.1) is 0 Å². The fraction of sp³-hybridized carbons (Fsp3) is 0.471. The number of urea groups is 1. The van der Waals surface area contributed by atoms with Gasteiger partial charge in [-0.3, -0.25) is 0 Å². The van der Waals surface area contributed by atoms with Gasteiger partial charge in [0, 0.05) is 37.7 Å². The van der Waals surface area contributed by atoms with Gasteiger partial charge in [-0.1, -0.05) is 0 Å². The first-order valence-electron chi connectivity index (χ1n) is 8.36. The van der Waals surface area contributed by atoms with Gasteiger partial charge in [-0.15, -0.1) is 10.2 Å². The fourth-order valence-electron chi connectivity index (χ4n) is 3.07. The van der Waals surface area contributed by atoms with Crippen molar-refractivity contribution in [1.82, 2.24) is 19.7 Å². The Bertz CT molecular complexity index is 736. The third-order valence-electron chi connectivity index (χ3n) is 4.63. The largest absolute Gasteiger partial charge is 0.497 e. The number of fused-ring (bicyclic) bond motifs is 1. The second-order valence-electron chi connectivity index (χ2n) is 6.30. The molecule has 2 heterocycles. The number of anilines is 1. The lowest BCUT2D eigenvalue weighted by Crippen LogP contribution is -2.37. The molecule has 7 nitrogen and oxygen atoms in total. The summed E-state index contributed by atoms with van der Waals surface area (Å²) in [5.74, 6) is 3.44. The van der Waals surface area contributed by atoms with Crippen molar-refractivity contribution in [1.29, 1.82) is 0 Å². The number of hydrogen-bond acceptors (Lipinski definition) is 4. The minimum Gasteiger partial charge on any atom is -0.497 e. The molecule has 7 heteroatoms. The molecule has 4 rings (SSSR count). The van der Waals surface area contributed by atoms with E-state index in [4.69, 9.17) is 4.74 Å². The molecular weight excluding hydrogens is 306 g/mol. The smallest absolute Gasteiger partial charge is 0.321 e. The lowest BCUT2D eigenvalue weighted by Gasteiger charge is -2.20. The van der Waals surface area contributed by atoms with Crippen LogP contribution in [0.5, 0.6) is 5.75 Å². The molecule has 0 radical (unpaired) electrons. The normalized spacial score (nSPS) is 17.1. The number of methoxy groups -OCH3 is 1. The van der Waals surface area contributed by atoms with Crippen LogP contribution in [-0.4, -0.2) is 45.9 Å². The summed E-state index contributed by atoms with van der Waals surface area (Å²) in [7, 11) is 1.62. The monoisotopic (exact) mass is 327 g/mol. The molecule has 1 fully saturated rings. The quantitative estimate of drug-likeness (QED) is 0.938. The van der Waals surface area contributed by atoms with Crippen molar-refractivity contribution in [3.8, 4) is 5.75 Å². The summed E-state index contributed by atoms with van der Waals surface area (Å²) in [5.41, 5.74) is 0.767. The van der Waals surface area contributed by atoms with Gasteiger partial charge in [-0.25, -0.2) is 4.79 Å². The van der Waals surface area contributed by atoms with Crippen LogP contribution >= 0.6 is 0 Å². The third-order valence-corrected chi connectivity index (χ3v) is 4.63. The Kier molecular flexibility index (Phi) is 3.84. The molecule has 0 bridgehead atoms. The first-order chi connectivity index (χ1) is 11.7. The van der Waals surface area contributed by atoms with E-state index in [9.17, 15) is 4.79 Å². The molecule has 2 amide bonds. The van der Waals surface area contributed by atoms with Gasteiger partial charge < -0.3 is 19.5 Å². The van der Waals surface area contributed by atoms with Crippen molar-refractivity contribution in [2.24, 2.45) is 0 Å². The number of nitrogens with zero attached hydrogens (tertiary/aromatic N) is 4. The summed E-state index contributed by atoms with van der Waals surface area (Å²) in [6.07, 6.45) is 3.16. The van der Waals surface area contributed by atoms with E-state index in [1.165, 1.54) is 12.8 Å². The summed E-state index contributed by atoms with van der Waals surface area (Å²) in [6.45, 7) is 2.10. The van der Waals surface area contributed by atoms with Crippen molar-refractivity contribution in [3.05, 3.63) is 35.9 Å². The zero-order valence-electron chi connectivity index (χ0n) is 13.7. The van der Waals surface area contributed by atoms with E-state index >= 15 is 0 Å². The van der Waals surface area contributed by atoms with Gasteiger partial charge in [0.2, 0.25) is 0 Å². The molecule has 1 saturated carbocycles. The Morgan fingerprint density at radius 1 is 1.17 bits per heavy atom. The molecule has 2 aromatic rings. The molecule has 1 aliphatic heterocycles. The highest BCUT2D eigenvalue weighted by molar-refractivity contribution is 5.89. The SMILES string of the molecule is COc1ccc(NC(=O)N2CCc3nnc(C4CC4)n3CC2)cc1.